The van der Waals surface area contributed by atoms with E-state index < -0.39 is 12.3 Å². The zero-order chi connectivity index (χ0) is 18.3. The van der Waals surface area contributed by atoms with Crippen molar-refractivity contribution < 1.29 is 14.3 Å². The van der Waals surface area contributed by atoms with Gasteiger partial charge in [0, 0.05) is 23.9 Å². The summed E-state index contributed by atoms with van der Waals surface area (Å²) in [4.78, 5) is 30.9. The van der Waals surface area contributed by atoms with Gasteiger partial charge in [0.05, 0.1) is 11.8 Å². The fourth-order valence-electron chi connectivity index (χ4n) is 3.37. The number of rotatable bonds is 2. The van der Waals surface area contributed by atoms with E-state index in [1.165, 1.54) is 0 Å². The molecular formula is C19H20N4O3. The number of carbonyl (C=O) groups excluding carboxylic acids is 2. The lowest BCUT2D eigenvalue weighted by Gasteiger charge is -2.38. The van der Waals surface area contributed by atoms with Gasteiger partial charge in [-0.3, -0.25) is 10.1 Å². The van der Waals surface area contributed by atoms with Crippen LogP contribution in [0.25, 0.3) is 0 Å². The van der Waals surface area contributed by atoms with Gasteiger partial charge in [0.15, 0.2) is 6.23 Å². The van der Waals surface area contributed by atoms with Crippen LogP contribution in [0.3, 0.4) is 0 Å². The third kappa shape index (κ3) is 2.80. The molecule has 2 aliphatic rings. The second-order valence-corrected chi connectivity index (χ2v) is 6.69. The Hall–Kier alpha value is -2.93. The molecule has 134 valence electrons. The van der Waals surface area contributed by atoms with Gasteiger partial charge in [-0.1, -0.05) is 19.1 Å². The van der Waals surface area contributed by atoms with Gasteiger partial charge < -0.3 is 15.0 Å². The van der Waals surface area contributed by atoms with Crippen molar-refractivity contribution in [1.29, 1.82) is 0 Å². The highest BCUT2D eigenvalue weighted by Gasteiger charge is 2.44. The van der Waals surface area contributed by atoms with Crippen molar-refractivity contribution in [3.63, 3.8) is 0 Å². The van der Waals surface area contributed by atoms with E-state index in [-0.39, 0.29) is 17.9 Å². The van der Waals surface area contributed by atoms with Crippen LogP contribution in [0.1, 0.15) is 36.0 Å². The maximum atomic E-state index is 12.7. The van der Waals surface area contributed by atoms with Crippen molar-refractivity contribution in [3.8, 4) is 0 Å². The molecule has 2 aliphatic heterocycles. The summed E-state index contributed by atoms with van der Waals surface area (Å²) >= 11 is 0. The Morgan fingerprint density at radius 3 is 2.81 bits per heavy atom. The van der Waals surface area contributed by atoms with E-state index in [0.717, 1.165) is 0 Å². The van der Waals surface area contributed by atoms with Crippen LogP contribution in [0.5, 0.6) is 0 Å². The Morgan fingerprint density at radius 1 is 1.19 bits per heavy atom. The highest BCUT2D eigenvalue weighted by atomic mass is 16.5. The molecule has 1 aromatic carbocycles. The predicted molar refractivity (Wildman–Crippen MR) is 96.8 cm³/mol. The van der Waals surface area contributed by atoms with Gasteiger partial charge in [-0.2, -0.15) is 0 Å². The van der Waals surface area contributed by atoms with Crippen LogP contribution in [0, 0.1) is 5.92 Å². The van der Waals surface area contributed by atoms with Crippen molar-refractivity contribution in [1.82, 2.24) is 9.88 Å². The minimum atomic E-state index is -0.463. The maximum absolute atomic E-state index is 12.7. The molecule has 0 bridgehead atoms. The molecule has 1 aromatic heterocycles. The smallest absolute Gasteiger partial charge is 0.324 e. The van der Waals surface area contributed by atoms with Crippen LogP contribution in [0.4, 0.5) is 16.3 Å². The first-order chi connectivity index (χ1) is 12.5. The number of amides is 3. The molecule has 0 spiro atoms. The largest absolute Gasteiger partial charge is 0.351 e. The molecule has 26 heavy (non-hydrogen) atoms. The van der Waals surface area contributed by atoms with Gasteiger partial charge in [-0.15, -0.1) is 0 Å². The first-order valence-electron chi connectivity index (χ1n) is 8.63. The van der Waals surface area contributed by atoms with Gasteiger partial charge in [-0.25, -0.2) is 9.78 Å². The molecule has 1 saturated heterocycles. The zero-order valence-corrected chi connectivity index (χ0v) is 14.6. The standard InChI is InChI=1S/C19H20N4O3/c1-11-10-23-17(24)13-6-5-7-14(16(13)18(23)26-12(11)2)21-19(25)22-15-8-3-4-9-20-15/h3-9,11-12,18H,10H2,1-2H3,(H2,20,21,22,25). The number of carbonyl (C=O) groups is 2. The monoisotopic (exact) mass is 352 g/mol. The Labute approximate surface area is 151 Å². The van der Waals surface area contributed by atoms with E-state index in [4.69, 9.17) is 4.74 Å². The van der Waals surface area contributed by atoms with Gasteiger partial charge in [0.25, 0.3) is 5.91 Å². The highest BCUT2D eigenvalue weighted by Crippen LogP contribution is 2.43. The number of fused-ring (bicyclic) bond motifs is 3. The number of ether oxygens (including phenoxy) is 1. The van der Waals surface area contributed by atoms with E-state index in [9.17, 15) is 9.59 Å². The van der Waals surface area contributed by atoms with E-state index in [1.807, 2.05) is 6.92 Å². The SMILES string of the molecule is CC1CN2C(=O)c3cccc(NC(=O)Nc4ccccn4)c3C2OC1C. The number of aromatic nitrogens is 1. The Kier molecular flexibility index (Phi) is 4.08. The molecule has 0 saturated carbocycles. The molecule has 7 heteroatoms. The van der Waals surface area contributed by atoms with Crippen LogP contribution < -0.4 is 10.6 Å². The van der Waals surface area contributed by atoms with Crippen molar-refractivity contribution in [2.75, 3.05) is 17.2 Å². The van der Waals surface area contributed by atoms with Crippen LogP contribution in [0.15, 0.2) is 42.6 Å². The number of urea groups is 1. The van der Waals surface area contributed by atoms with E-state index in [0.29, 0.717) is 29.2 Å². The number of nitrogens with zero attached hydrogens (tertiary/aromatic N) is 2. The van der Waals surface area contributed by atoms with Crippen molar-refractivity contribution in [2.45, 2.75) is 26.2 Å². The van der Waals surface area contributed by atoms with Gasteiger partial charge >= 0.3 is 6.03 Å². The fourth-order valence-corrected chi connectivity index (χ4v) is 3.37. The number of hydrogen-bond acceptors (Lipinski definition) is 4. The minimum absolute atomic E-state index is 0.0328. The molecule has 2 N–H and O–H groups in total. The second-order valence-electron chi connectivity index (χ2n) is 6.69. The van der Waals surface area contributed by atoms with Gasteiger partial charge in [-0.05, 0) is 37.1 Å². The number of nitrogens with one attached hydrogen (secondary N) is 2. The van der Waals surface area contributed by atoms with Crippen LogP contribution in [0.2, 0.25) is 0 Å². The summed E-state index contributed by atoms with van der Waals surface area (Å²) in [6.45, 7) is 4.71. The second kappa shape index (κ2) is 6.42. The molecule has 1 fully saturated rings. The summed E-state index contributed by atoms with van der Waals surface area (Å²) in [7, 11) is 0. The number of benzene rings is 1. The summed E-state index contributed by atoms with van der Waals surface area (Å²) in [5, 5.41) is 5.50. The van der Waals surface area contributed by atoms with E-state index >= 15 is 0 Å². The summed E-state index contributed by atoms with van der Waals surface area (Å²) in [6.07, 6.45) is 1.17. The Balaban J connectivity index is 1.60. The quantitative estimate of drug-likeness (QED) is 0.869. The van der Waals surface area contributed by atoms with E-state index in [1.54, 1.807) is 47.5 Å². The van der Waals surface area contributed by atoms with Crippen LogP contribution >= 0.6 is 0 Å². The fraction of sp³-hybridized carbons (Fsp3) is 0.316. The molecule has 3 heterocycles. The number of anilines is 2. The lowest BCUT2D eigenvalue weighted by molar-refractivity contribution is -0.136. The van der Waals surface area contributed by atoms with Crippen molar-refractivity contribution in [3.05, 3.63) is 53.7 Å². The van der Waals surface area contributed by atoms with Crippen molar-refractivity contribution >= 4 is 23.4 Å². The maximum Gasteiger partial charge on any atom is 0.324 e. The normalized spacial score (nSPS) is 24.0. The first-order valence-corrected chi connectivity index (χ1v) is 8.63. The van der Waals surface area contributed by atoms with Crippen molar-refractivity contribution in [2.24, 2.45) is 5.92 Å². The highest BCUT2D eigenvalue weighted by molar-refractivity contribution is 6.04. The third-order valence-corrected chi connectivity index (χ3v) is 4.91. The molecule has 0 radical (unpaired) electrons. The summed E-state index contributed by atoms with van der Waals surface area (Å²) < 4.78 is 6.08. The molecular weight excluding hydrogens is 332 g/mol. The molecule has 4 rings (SSSR count). The first kappa shape index (κ1) is 16.5. The minimum Gasteiger partial charge on any atom is -0.351 e. The number of pyridine rings is 1. The van der Waals surface area contributed by atoms with Gasteiger partial charge in [0.1, 0.15) is 5.82 Å². The third-order valence-electron chi connectivity index (χ3n) is 4.91. The van der Waals surface area contributed by atoms with E-state index in [2.05, 4.69) is 22.5 Å². The number of hydrogen-bond donors (Lipinski definition) is 2. The topological polar surface area (TPSA) is 83.6 Å². The Bertz CT molecular complexity index is 855. The van der Waals surface area contributed by atoms with Crippen LogP contribution in [-0.2, 0) is 4.74 Å². The lowest BCUT2D eigenvalue weighted by atomic mass is 10.0. The average molecular weight is 352 g/mol. The summed E-state index contributed by atoms with van der Waals surface area (Å²) in [5.41, 5.74) is 1.86. The molecule has 3 atom stereocenters. The predicted octanol–water partition coefficient (Wildman–Crippen LogP) is 3.23. The molecule has 2 aromatic rings. The van der Waals surface area contributed by atoms with Gasteiger partial charge in [0.2, 0.25) is 0 Å². The lowest BCUT2D eigenvalue weighted by Crippen LogP contribution is -2.44. The zero-order valence-electron chi connectivity index (χ0n) is 14.6. The molecule has 3 amide bonds. The summed E-state index contributed by atoms with van der Waals surface area (Å²) in [6, 6.07) is 10.2. The van der Waals surface area contributed by atoms with Crippen LogP contribution in [-0.4, -0.2) is 34.5 Å². The molecule has 3 unspecified atom stereocenters. The Morgan fingerprint density at radius 2 is 2.04 bits per heavy atom. The molecule has 7 nitrogen and oxygen atoms in total. The average Bonchev–Trinajstić information content (AvgIpc) is 2.89. The molecule has 0 aliphatic carbocycles. The summed E-state index contributed by atoms with van der Waals surface area (Å²) in [5.74, 6) is 0.651.